The lowest BCUT2D eigenvalue weighted by molar-refractivity contribution is -0.114. The number of nitrogens with zero attached hydrogens (tertiary/aromatic N) is 5. The van der Waals surface area contributed by atoms with Crippen LogP contribution in [0.15, 0.2) is 55.0 Å². The van der Waals surface area contributed by atoms with Gasteiger partial charge in [0, 0.05) is 42.2 Å². The number of H-pyrrole nitrogens is 1. The first-order valence-corrected chi connectivity index (χ1v) is 12.5. The van der Waals surface area contributed by atoms with E-state index in [9.17, 15) is 4.79 Å². The number of aromatic nitrogens is 4. The lowest BCUT2D eigenvalue weighted by Crippen LogP contribution is -2.57. The van der Waals surface area contributed by atoms with E-state index in [0.717, 1.165) is 45.4 Å². The second-order valence-corrected chi connectivity index (χ2v) is 10.3. The average Bonchev–Trinajstić information content (AvgIpc) is 3.48. The molecule has 0 aliphatic carbocycles. The van der Waals surface area contributed by atoms with Gasteiger partial charge in [0.05, 0.1) is 10.9 Å². The monoisotopic (exact) mass is 507 g/mol. The van der Waals surface area contributed by atoms with Crippen molar-refractivity contribution in [2.45, 2.75) is 19.0 Å². The molecule has 1 unspecified atom stereocenters. The summed E-state index contributed by atoms with van der Waals surface area (Å²) in [4.78, 5) is 25.8. The van der Waals surface area contributed by atoms with Crippen LogP contribution in [0.5, 0.6) is 0 Å². The number of hydrogen-bond donors (Lipinski definition) is 2. The quantitative estimate of drug-likeness (QED) is 0.381. The summed E-state index contributed by atoms with van der Waals surface area (Å²) in [5.74, 6) is 1.10. The largest absolute Gasteiger partial charge is 0.327 e. The Kier molecular flexibility index (Phi) is 6.66. The molecule has 5 rings (SSSR count). The zero-order valence-corrected chi connectivity index (χ0v) is 21.3. The third-order valence-corrected chi connectivity index (χ3v) is 7.71. The van der Waals surface area contributed by atoms with Gasteiger partial charge in [-0.25, -0.2) is 4.98 Å². The Hall–Kier alpha value is -3.11. The molecule has 4 aromatic rings. The molecule has 2 N–H and O–H groups in total. The van der Waals surface area contributed by atoms with Crippen LogP contribution in [0, 0.1) is 0 Å². The molecule has 10 heteroatoms. The molecule has 1 aliphatic heterocycles. The summed E-state index contributed by atoms with van der Waals surface area (Å²) in [6.45, 7) is 3.50. The van der Waals surface area contributed by atoms with Crippen molar-refractivity contribution in [3.05, 3.63) is 71.1 Å². The Balaban J connectivity index is 1.63. The van der Waals surface area contributed by atoms with E-state index in [4.69, 9.17) is 11.6 Å². The Morgan fingerprint density at radius 1 is 1.26 bits per heavy atom. The van der Waals surface area contributed by atoms with Crippen LogP contribution in [0.1, 0.15) is 24.1 Å². The van der Waals surface area contributed by atoms with Gasteiger partial charge in [-0.05, 0) is 61.1 Å². The maximum absolute atomic E-state index is 11.6. The molecule has 0 radical (unpaired) electrons. The summed E-state index contributed by atoms with van der Waals surface area (Å²) >= 11 is 7.87. The lowest BCUT2D eigenvalue weighted by Gasteiger charge is -2.45. The number of aromatic amines is 1. The minimum absolute atomic E-state index is 0.00674. The molecular formula is C25H26ClN7OS. The van der Waals surface area contributed by atoms with Gasteiger partial charge in [-0.15, -0.1) is 21.5 Å². The van der Waals surface area contributed by atoms with Crippen molar-refractivity contribution in [1.29, 1.82) is 0 Å². The number of benzene rings is 1. The molecule has 1 fully saturated rings. The number of likely N-dealkylation sites (tertiary alicyclic amines) is 1. The number of rotatable bonds is 7. The van der Waals surface area contributed by atoms with Crippen LogP contribution in [-0.2, 0) is 4.79 Å². The van der Waals surface area contributed by atoms with Crippen molar-refractivity contribution >= 4 is 34.7 Å². The van der Waals surface area contributed by atoms with Gasteiger partial charge in [0.1, 0.15) is 12.1 Å². The highest BCUT2D eigenvalue weighted by Gasteiger charge is 2.35. The van der Waals surface area contributed by atoms with Gasteiger partial charge in [-0.1, -0.05) is 23.7 Å². The van der Waals surface area contributed by atoms with Gasteiger partial charge < -0.3 is 15.2 Å². The minimum Gasteiger partial charge on any atom is -0.327 e. The molecule has 1 atom stereocenters. The molecule has 1 amide bonds. The number of anilines is 1. The van der Waals surface area contributed by atoms with Crippen molar-refractivity contribution in [3.63, 3.8) is 0 Å². The summed E-state index contributed by atoms with van der Waals surface area (Å²) in [7, 11) is 4.32. The molecule has 8 nitrogen and oxygen atoms in total. The highest BCUT2D eigenvalue weighted by Crippen LogP contribution is 2.44. The van der Waals surface area contributed by atoms with Gasteiger partial charge in [0.2, 0.25) is 5.91 Å². The van der Waals surface area contributed by atoms with Crippen LogP contribution >= 0.6 is 22.9 Å². The third kappa shape index (κ3) is 4.99. The van der Waals surface area contributed by atoms with E-state index < -0.39 is 0 Å². The Bertz CT molecular complexity index is 1320. The normalized spacial score (nSPS) is 15.2. The van der Waals surface area contributed by atoms with E-state index >= 15 is 0 Å². The van der Waals surface area contributed by atoms with Gasteiger partial charge >= 0.3 is 0 Å². The molecule has 3 aromatic heterocycles. The standard InChI is InChI=1S/C25H26ClN7OS/c1-15(34)30-22-10-17(8-9-27-22)21-11-20(24(35-21)25-28-14-29-31-25)23(16-4-6-18(26)7-5-16)33(3)19-12-32(2)13-19/h4-11,14,19,23H,12-13H2,1-3H3,(H,27,30,34)(H,28,29,31). The van der Waals surface area contributed by atoms with E-state index in [0.29, 0.717) is 16.9 Å². The number of pyridine rings is 1. The summed E-state index contributed by atoms with van der Waals surface area (Å²) in [5, 5.41) is 11.9. The number of nitrogens with one attached hydrogen (secondary N) is 2. The van der Waals surface area contributed by atoms with Gasteiger partial charge in [0.15, 0.2) is 5.82 Å². The van der Waals surface area contributed by atoms with Gasteiger partial charge in [-0.2, -0.15) is 0 Å². The molecule has 1 aromatic carbocycles. The number of carbonyl (C=O) groups excluding carboxylic acids is 1. The molecule has 0 spiro atoms. The first-order valence-electron chi connectivity index (χ1n) is 11.3. The average molecular weight is 508 g/mol. The second kappa shape index (κ2) is 9.87. The fourth-order valence-corrected chi connectivity index (χ4v) is 5.76. The zero-order chi connectivity index (χ0) is 24.5. The molecule has 0 saturated carbocycles. The van der Waals surface area contributed by atoms with Crippen LogP contribution in [0.3, 0.4) is 0 Å². The smallest absolute Gasteiger partial charge is 0.222 e. The van der Waals surface area contributed by atoms with E-state index in [1.54, 1.807) is 23.9 Å². The van der Waals surface area contributed by atoms with Crippen LogP contribution in [0.2, 0.25) is 5.02 Å². The SMILES string of the molecule is CC(=O)Nc1cc(-c2cc(C(c3ccc(Cl)cc3)N(C)C3CN(C)C3)c(-c3nnc[nH]3)s2)ccn1. The minimum atomic E-state index is -0.154. The Morgan fingerprint density at radius 3 is 2.69 bits per heavy atom. The predicted octanol–water partition coefficient (Wildman–Crippen LogP) is 4.54. The molecule has 180 valence electrons. The molecule has 0 bridgehead atoms. The van der Waals surface area contributed by atoms with Crippen LogP contribution in [-0.4, -0.2) is 69.1 Å². The molecule has 35 heavy (non-hydrogen) atoms. The van der Waals surface area contributed by atoms with Gasteiger partial charge in [0.25, 0.3) is 0 Å². The molecular weight excluding hydrogens is 482 g/mol. The molecule has 4 heterocycles. The third-order valence-electron chi connectivity index (χ3n) is 6.25. The number of hydrogen-bond acceptors (Lipinski definition) is 7. The summed E-state index contributed by atoms with van der Waals surface area (Å²) < 4.78 is 0. The highest BCUT2D eigenvalue weighted by atomic mass is 35.5. The van der Waals surface area contributed by atoms with Crippen molar-refractivity contribution in [1.82, 2.24) is 30.0 Å². The van der Waals surface area contributed by atoms with E-state index in [-0.39, 0.29) is 11.9 Å². The number of amides is 1. The van der Waals surface area contributed by atoms with Crippen LogP contribution in [0.4, 0.5) is 5.82 Å². The fourth-order valence-electron chi connectivity index (χ4n) is 4.50. The van der Waals surface area contributed by atoms with Crippen molar-refractivity contribution in [2.24, 2.45) is 0 Å². The maximum Gasteiger partial charge on any atom is 0.222 e. The van der Waals surface area contributed by atoms with E-state index in [2.05, 4.69) is 67.6 Å². The summed E-state index contributed by atoms with van der Waals surface area (Å²) in [6, 6.07) is 14.5. The first-order chi connectivity index (χ1) is 16.9. The van der Waals surface area contributed by atoms with Crippen molar-refractivity contribution < 1.29 is 4.79 Å². The van der Waals surface area contributed by atoms with E-state index in [1.807, 2.05) is 24.3 Å². The van der Waals surface area contributed by atoms with Crippen LogP contribution < -0.4 is 5.32 Å². The molecule has 1 aliphatic rings. The van der Waals surface area contributed by atoms with E-state index in [1.165, 1.54) is 6.92 Å². The topological polar surface area (TPSA) is 90.0 Å². The summed E-state index contributed by atoms with van der Waals surface area (Å²) in [5.41, 5.74) is 3.27. The second-order valence-electron chi connectivity index (χ2n) is 8.84. The Labute approximate surface area is 213 Å². The van der Waals surface area contributed by atoms with Crippen LogP contribution in [0.25, 0.3) is 21.1 Å². The zero-order valence-electron chi connectivity index (χ0n) is 19.7. The number of halogens is 1. The number of thiophene rings is 1. The number of likely N-dealkylation sites (N-methyl/N-ethyl adjacent to an activating group) is 2. The Morgan fingerprint density at radius 2 is 2.03 bits per heavy atom. The lowest BCUT2D eigenvalue weighted by atomic mass is 9.94. The number of carbonyl (C=O) groups is 1. The fraction of sp³-hybridized carbons (Fsp3) is 0.280. The first kappa shape index (κ1) is 23.6. The van der Waals surface area contributed by atoms with Gasteiger partial charge in [-0.3, -0.25) is 9.69 Å². The van der Waals surface area contributed by atoms with Crippen molar-refractivity contribution in [3.8, 4) is 21.1 Å². The maximum atomic E-state index is 11.6. The highest BCUT2D eigenvalue weighted by molar-refractivity contribution is 7.19. The predicted molar refractivity (Wildman–Crippen MR) is 140 cm³/mol. The summed E-state index contributed by atoms with van der Waals surface area (Å²) in [6.07, 6.45) is 3.31. The van der Waals surface area contributed by atoms with Crippen molar-refractivity contribution in [2.75, 3.05) is 32.5 Å². The molecule has 1 saturated heterocycles.